The van der Waals surface area contributed by atoms with E-state index in [1.165, 1.54) is 6.42 Å². The van der Waals surface area contributed by atoms with Crippen LogP contribution in [0.2, 0.25) is 0 Å². The maximum atomic E-state index is 9.19. The number of para-hydroxylation sites is 2. The third-order valence-electron chi connectivity index (χ3n) is 3.66. The largest absolute Gasteiger partial charge is 0.491 e. The predicted molar refractivity (Wildman–Crippen MR) is 77.2 cm³/mol. The molecule has 0 aliphatic carbocycles. The SMILES string of the molecule is Nc1ccccc1OCCCN1CCCC(CO)C1. The molecule has 1 atom stereocenters. The first-order valence-electron chi connectivity index (χ1n) is 7.10. The smallest absolute Gasteiger partial charge is 0.142 e. The molecule has 1 unspecified atom stereocenters. The van der Waals surface area contributed by atoms with Crippen LogP contribution in [0, 0.1) is 5.92 Å². The van der Waals surface area contributed by atoms with E-state index in [0.29, 0.717) is 24.8 Å². The Labute approximate surface area is 115 Å². The average Bonchev–Trinajstić information content (AvgIpc) is 2.45. The summed E-state index contributed by atoms with van der Waals surface area (Å²) in [5.74, 6) is 1.23. The van der Waals surface area contributed by atoms with Crippen molar-refractivity contribution >= 4 is 5.69 Å². The fourth-order valence-corrected chi connectivity index (χ4v) is 2.59. The van der Waals surface area contributed by atoms with E-state index < -0.39 is 0 Å². The molecule has 1 fully saturated rings. The van der Waals surface area contributed by atoms with E-state index in [1.807, 2.05) is 24.3 Å². The van der Waals surface area contributed by atoms with Gasteiger partial charge in [0.15, 0.2) is 0 Å². The summed E-state index contributed by atoms with van der Waals surface area (Å²) in [4.78, 5) is 2.42. The molecule has 4 nitrogen and oxygen atoms in total. The van der Waals surface area contributed by atoms with Crippen LogP contribution in [0.5, 0.6) is 5.75 Å². The van der Waals surface area contributed by atoms with Crippen molar-refractivity contribution in [2.24, 2.45) is 5.92 Å². The lowest BCUT2D eigenvalue weighted by Crippen LogP contribution is -2.37. The lowest BCUT2D eigenvalue weighted by Gasteiger charge is -2.31. The lowest BCUT2D eigenvalue weighted by atomic mass is 9.99. The van der Waals surface area contributed by atoms with E-state index in [-0.39, 0.29) is 0 Å². The topological polar surface area (TPSA) is 58.7 Å². The van der Waals surface area contributed by atoms with Crippen LogP contribution in [0.4, 0.5) is 5.69 Å². The van der Waals surface area contributed by atoms with Crippen LogP contribution in [-0.2, 0) is 0 Å². The molecule has 106 valence electrons. The van der Waals surface area contributed by atoms with Gasteiger partial charge in [-0.15, -0.1) is 0 Å². The monoisotopic (exact) mass is 264 g/mol. The maximum Gasteiger partial charge on any atom is 0.142 e. The molecule has 0 spiro atoms. The Bertz CT molecular complexity index is 384. The van der Waals surface area contributed by atoms with E-state index in [4.69, 9.17) is 10.5 Å². The second-order valence-electron chi connectivity index (χ2n) is 5.23. The summed E-state index contributed by atoms with van der Waals surface area (Å²) >= 11 is 0. The first-order chi connectivity index (χ1) is 9.29. The lowest BCUT2D eigenvalue weighted by molar-refractivity contribution is 0.115. The Morgan fingerprint density at radius 3 is 3.00 bits per heavy atom. The summed E-state index contributed by atoms with van der Waals surface area (Å²) < 4.78 is 5.68. The van der Waals surface area contributed by atoms with E-state index in [1.54, 1.807) is 0 Å². The van der Waals surface area contributed by atoms with Crippen LogP contribution in [0.1, 0.15) is 19.3 Å². The number of aliphatic hydroxyl groups is 1. The molecule has 3 N–H and O–H groups in total. The molecule has 0 saturated carbocycles. The molecule has 1 aliphatic heterocycles. The Morgan fingerprint density at radius 1 is 1.37 bits per heavy atom. The normalized spacial score (nSPS) is 20.4. The number of nitrogens with two attached hydrogens (primary N) is 1. The first kappa shape index (κ1) is 14.2. The van der Waals surface area contributed by atoms with Crippen molar-refractivity contribution in [3.8, 4) is 5.75 Å². The predicted octanol–water partition coefficient (Wildman–Crippen LogP) is 1.74. The Hall–Kier alpha value is -1.26. The number of anilines is 1. The second kappa shape index (κ2) is 7.36. The van der Waals surface area contributed by atoms with Gasteiger partial charge in [-0.3, -0.25) is 0 Å². The summed E-state index contributed by atoms with van der Waals surface area (Å²) in [6.07, 6.45) is 3.34. The number of hydrogen-bond donors (Lipinski definition) is 2. The van der Waals surface area contributed by atoms with Crippen molar-refractivity contribution in [2.75, 3.05) is 38.6 Å². The molecule has 0 radical (unpaired) electrons. The molecular formula is C15H24N2O2. The zero-order valence-electron chi connectivity index (χ0n) is 11.4. The standard InChI is InChI=1S/C15H24N2O2/c16-14-6-1-2-7-15(14)19-10-4-9-17-8-3-5-13(11-17)12-18/h1-2,6-7,13,18H,3-5,8-12,16H2. The zero-order chi connectivity index (χ0) is 13.5. The number of hydrogen-bond acceptors (Lipinski definition) is 4. The number of likely N-dealkylation sites (tertiary alicyclic amines) is 1. The van der Waals surface area contributed by atoms with Gasteiger partial charge in [0.05, 0.1) is 12.3 Å². The van der Waals surface area contributed by atoms with Gasteiger partial charge in [0.1, 0.15) is 5.75 Å². The van der Waals surface area contributed by atoms with E-state index in [0.717, 1.165) is 38.2 Å². The molecule has 1 heterocycles. The molecule has 1 aromatic rings. The number of ether oxygens (including phenoxy) is 1. The quantitative estimate of drug-likeness (QED) is 0.607. The second-order valence-corrected chi connectivity index (χ2v) is 5.23. The summed E-state index contributed by atoms with van der Waals surface area (Å²) in [5.41, 5.74) is 6.51. The van der Waals surface area contributed by atoms with Gasteiger partial charge in [0.2, 0.25) is 0 Å². The van der Waals surface area contributed by atoms with Crippen molar-refractivity contribution in [2.45, 2.75) is 19.3 Å². The molecule has 0 bridgehead atoms. The minimum absolute atomic E-state index is 0.313. The minimum Gasteiger partial charge on any atom is -0.491 e. The number of piperidine rings is 1. The average molecular weight is 264 g/mol. The highest BCUT2D eigenvalue weighted by molar-refractivity contribution is 5.51. The van der Waals surface area contributed by atoms with Gasteiger partial charge in [-0.1, -0.05) is 12.1 Å². The van der Waals surface area contributed by atoms with Gasteiger partial charge >= 0.3 is 0 Å². The number of benzene rings is 1. The minimum atomic E-state index is 0.313. The molecule has 1 aromatic carbocycles. The summed E-state index contributed by atoms with van der Waals surface area (Å²) in [6.45, 7) is 4.19. The van der Waals surface area contributed by atoms with Crippen LogP contribution in [0.15, 0.2) is 24.3 Å². The molecule has 4 heteroatoms. The molecule has 2 rings (SSSR count). The summed E-state index contributed by atoms with van der Waals surface area (Å²) in [5, 5.41) is 9.19. The van der Waals surface area contributed by atoms with E-state index in [9.17, 15) is 5.11 Å². The van der Waals surface area contributed by atoms with E-state index in [2.05, 4.69) is 4.90 Å². The number of nitrogens with zero attached hydrogens (tertiary/aromatic N) is 1. The van der Waals surface area contributed by atoms with Gasteiger partial charge < -0.3 is 20.5 Å². The van der Waals surface area contributed by atoms with Gasteiger partial charge in [0, 0.05) is 19.7 Å². The van der Waals surface area contributed by atoms with Crippen LogP contribution in [0.25, 0.3) is 0 Å². The molecule has 19 heavy (non-hydrogen) atoms. The molecule has 0 amide bonds. The fourth-order valence-electron chi connectivity index (χ4n) is 2.59. The van der Waals surface area contributed by atoms with Crippen LogP contribution in [-0.4, -0.2) is 42.9 Å². The number of rotatable bonds is 6. The van der Waals surface area contributed by atoms with Gasteiger partial charge in [-0.2, -0.15) is 0 Å². The number of aliphatic hydroxyl groups excluding tert-OH is 1. The molecular weight excluding hydrogens is 240 g/mol. The van der Waals surface area contributed by atoms with Crippen molar-refractivity contribution in [1.29, 1.82) is 0 Å². The highest BCUT2D eigenvalue weighted by Crippen LogP contribution is 2.20. The Balaban J connectivity index is 1.65. The van der Waals surface area contributed by atoms with Crippen molar-refractivity contribution in [1.82, 2.24) is 4.90 Å². The van der Waals surface area contributed by atoms with Crippen molar-refractivity contribution in [3.63, 3.8) is 0 Å². The first-order valence-corrected chi connectivity index (χ1v) is 7.10. The summed E-state index contributed by atoms with van der Waals surface area (Å²) in [7, 11) is 0. The van der Waals surface area contributed by atoms with Crippen LogP contribution >= 0.6 is 0 Å². The van der Waals surface area contributed by atoms with Crippen molar-refractivity contribution in [3.05, 3.63) is 24.3 Å². The Morgan fingerprint density at radius 2 is 2.21 bits per heavy atom. The van der Waals surface area contributed by atoms with E-state index >= 15 is 0 Å². The third-order valence-corrected chi connectivity index (χ3v) is 3.66. The van der Waals surface area contributed by atoms with Gasteiger partial charge in [-0.25, -0.2) is 0 Å². The maximum absolute atomic E-state index is 9.19. The highest BCUT2D eigenvalue weighted by Gasteiger charge is 2.18. The molecule has 1 saturated heterocycles. The Kier molecular flexibility index (Phi) is 5.48. The molecule has 1 aliphatic rings. The number of nitrogen functional groups attached to an aromatic ring is 1. The van der Waals surface area contributed by atoms with Gasteiger partial charge in [0.25, 0.3) is 0 Å². The van der Waals surface area contributed by atoms with Crippen LogP contribution in [0.3, 0.4) is 0 Å². The van der Waals surface area contributed by atoms with Crippen LogP contribution < -0.4 is 10.5 Å². The molecule has 0 aromatic heterocycles. The third kappa shape index (κ3) is 4.40. The van der Waals surface area contributed by atoms with Crippen molar-refractivity contribution < 1.29 is 9.84 Å². The van der Waals surface area contributed by atoms with Gasteiger partial charge in [-0.05, 0) is 43.9 Å². The zero-order valence-corrected chi connectivity index (χ0v) is 11.4. The summed E-state index contributed by atoms with van der Waals surface area (Å²) in [6, 6.07) is 7.59. The fraction of sp³-hybridized carbons (Fsp3) is 0.600. The highest BCUT2D eigenvalue weighted by atomic mass is 16.5.